The second-order valence-electron chi connectivity index (χ2n) is 9.41. The van der Waals surface area contributed by atoms with Crippen LogP contribution >= 0.6 is 0 Å². The normalized spacial score (nSPS) is 11.9. The highest BCUT2D eigenvalue weighted by Crippen LogP contribution is 2.19. The summed E-state index contributed by atoms with van der Waals surface area (Å²) in [5, 5.41) is 10.1. The SMILES string of the molecule is CC(C)(C)OC(=O)c1cccc(C[C@@H](C(=O)O)N(Cc2ccccc2)C(=O)OCc2ccccc2)c1. The van der Waals surface area contributed by atoms with Gasteiger partial charge >= 0.3 is 18.0 Å². The van der Waals surface area contributed by atoms with Crippen LogP contribution < -0.4 is 0 Å². The quantitative estimate of drug-likeness (QED) is 0.400. The molecular weight excluding hydrogens is 458 g/mol. The molecule has 0 aliphatic rings. The van der Waals surface area contributed by atoms with Crippen LogP contribution in [0, 0.1) is 0 Å². The molecule has 1 N–H and O–H groups in total. The Labute approximate surface area is 211 Å². The minimum Gasteiger partial charge on any atom is -0.480 e. The molecule has 0 aromatic heterocycles. The summed E-state index contributed by atoms with van der Waals surface area (Å²) in [6, 6.07) is 23.7. The summed E-state index contributed by atoms with van der Waals surface area (Å²) >= 11 is 0. The van der Waals surface area contributed by atoms with Gasteiger partial charge in [0, 0.05) is 13.0 Å². The fourth-order valence-electron chi connectivity index (χ4n) is 3.60. The predicted octanol–water partition coefficient (Wildman–Crippen LogP) is 5.48. The summed E-state index contributed by atoms with van der Waals surface area (Å²) in [5.41, 5.74) is 1.80. The van der Waals surface area contributed by atoms with Crippen molar-refractivity contribution in [1.82, 2.24) is 4.90 Å². The molecule has 3 rings (SSSR count). The van der Waals surface area contributed by atoms with Gasteiger partial charge in [-0.25, -0.2) is 14.4 Å². The fourth-order valence-corrected chi connectivity index (χ4v) is 3.60. The molecular formula is C29H31NO6. The van der Waals surface area contributed by atoms with Crippen LogP contribution in [0.25, 0.3) is 0 Å². The number of carboxylic acids is 1. The number of nitrogens with zero attached hydrogens (tertiary/aromatic N) is 1. The number of aliphatic carboxylic acids is 1. The average Bonchev–Trinajstić information content (AvgIpc) is 2.85. The van der Waals surface area contributed by atoms with Crippen LogP contribution in [0.15, 0.2) is 84.9 Å². The molecule has 0 saturated carbocycles. The van der Waals surface area contributed by atoms with Gasteiger partial charge in [-0.2, -0.15) is 0 Å². The van der Waals surface area contributed by atoms with Crippen molar-refractivity contribution in [3.63, 3.8) is 0 Å². The molecule has 7 nitrogen and oxygen atoms in total. The molecule has 0 radical (unpaired) electrons. The summed E-state index contributed by atoms with van der Waals surface area (Å²) in [4.78, 5) is 39.3. The molecule has 3 aromatic rings. The van der Waals surface area contributed by atoms with Crippen LogP contribution in [0.5, 0.6) is 0 Å². The maximum absolute atomic E-state index is 13.2. The van der Waals surface area contributed by atoms with Crippen LogP contribution in [0.1, 0.15) is 47.8 Å². The van der Waals surface area contributed by atoms with Crippen molar-refractivity contribution in [2.75, 3.05) is 0 Å². The monoisotopic (exact) mass is 489 g/mol. The van der Waals surface area contributed by atoms with E-state index in [1.807, 2.05) is 60.7 Å². The number of esters is 1. The Morgan fingerprint density at radius 1 is 0.833 bits per heavy atom. The lowest BCUT2D eigenvalue weighted by atomic mass is 10.0. The number of benzene rings is 3. The van der Waals surface area contributed by atoms with Crippen LogP contribution in [0.2, 0.25) is 0 Å². The topological polar surface area (TPSA) is 93.1 Å². The Morgan fingerprint density at radius 2 is 1.42 bits per heavy atom. The van der Waals surface area contributed by atoms with E-state index in [2.05, 4.69) is 0 Å². The number of ether oxygens (including phenoxy) is 2. The van der Waals surface area contributed by atoms with Crippen molar-refractivity contribution in [2.45, 2.75) is 52.0 Å². The molecule has 7 heteroatoms. The number of amides is 1. The summed E-state index contributed by atoms with van der Waals surface area (Å²) in [6.07, 6.45) is -0.752. The van der Waals surface area contributed by atoms with E-state index in [0.29, 0.717) is 11.1 Å². The van der Waals surface area contributed by atoms with Crippen LogP contribution in [0.3, 0.4) is 0 Å². The molecule has 1 amide bonds. The van der Waals surface area contributed by atoms with Gasteiger partial charge < -0.3 is 14.6 Å². The highest BCUT2D eigenvalue weighted by molar-refractivity contribution is 5.90. The summed E-state index contributed by atoms with van der Waals surface area (Å²) < 4.78 is 10.9. The van der Waals surface area contributed by atoms with Gasteiger partial charge in [-0.05, 0) is 49.6 Å². The number of hydrogen-bond acceptors (Lipinski definition) is 5. The molecule has 0 aliphatic carbocycles. The van der Waals surface area contributed by atoms with Crippen molar-refractivity contribution in [3.8, 4) is 0 Å². The average molecular weight is 490 g/mol. The first-order valence-corrected chi connectivity index (χ1v) is 11.7. The number of rotatable bonds is 9. The molecule has 0 unspecified atom stereocenters. The van der Waals surface area contributed by atoms with Gasteiger partial charge in [0.05, 0.1) is 5.56 Å². The summed E-state index contributed by atoms with van der Waals surface area (Å²) in [6.45, 7) is 5.40. The fraction of sp³-hybridized carbons (Fsp3) is 0.276. The molecule has 1 atom stereocenters. The van der Waals surface area contributed by atoms with Crippen LogP contribution in [-0.2, 0) is 33.8 Å². The number of carbonyl (C=O) groups excluding carboxylic acids is 2. The first-order valence-electron chi connectivity index (χ1n) is 11.7. The minimum absolute atomic E-state index is 0.0146. The van der Waals surface area contributed by atoms with E-state index >= 15 is 0 Å². The summed E-state index contributed by atoms with van der Waals surface area (Å²) in [7, 11) is 0. The van der Waals surface area contributed by atoms with Gasteiger partial charge in [0.15, 0.2) is 0 Å². The van der Waals surface area contributed by atoms with Gasteiger partial charge in [0.25, 0.3) is 0 Å². The van der Waals surface area contributed by atoms with Crippen LogP contribution in [-0.4, -0.2) is 39.7 Å². The Hall–Kier alpha value is -4.13. The number of carbonyl (C=O) groups is 3. The maximum atomic E-state index is 13.2. The van der Waals surface area contributed by atoms with E-state index in [1.54, 1.807) is 45.0 Å². The highest BCUT2D eigenvalue weighted by atomic mass is 16.6. The summed E-state index contributed by atoms with van der Waals surface area (Å²) in [5.74, 6) is -1.68. The largest absolute Gasteiger partial charge is 0.480 e. The van der Waals surface area contributed by atoms with E-state index < -0.39 is 29.7 Å². The van der Waals surface area contributed by atoms with Crippen LogP contribution in [0.4, 0.5) is 4.79 Å². The third-order valence-corrected chi connectivity index (χ3v) is 5.29. The molecule has 188 valence electrons. The molecule has 0 heterocycles. The molecule has 0 fully saturated rings. The first kappa shape index (κ1) is 26.5. The second-order valence-corrected chi connectivity index (χ2v) is 9.41. The smallest absolute Gasteiger partial charge is 0.411 e. The Morgan fingerprint density at radius 3 is 2.00 bits per heavy atom. The van der Waals surface area contributed by atoms with E-state index in [4.69, 9.17) is 9.47 Å². The lowest BCUT2D eigenvalue weighted by Crippen LogP contribution is -2.46. The van der Waals surface area contributed by atoms with E-state index in [0.717, 1.165) is 11.1 Å². The third-order valence-electron chi connectivity index (χ3n) is 5.29. The maximum Gasteiger partial charge on any atom is 0.411 e. The number of carboxylic acid groups (broad SMARTS) is 1. The van der Waals surface area contributed by atoms with E-state index in [9.17, 15) is 19.5 Å². The van der Waals surface area contributed by atoms with Crippen molar-refractivity contribution in [1.29, 1.82) is 0 Å². The molecule has 0 bridgehead atoms. The first-order chi connectivity index (χ1) is 17.1. The standard InChI is InChI=1S/C29H31NO6/c1-29(2,3)36-27(33)24-16-10-15-23(17-24)18-25(26(31)32)30(19-21-11-6-4-7-12-21)28(34)35-20-22-13-8-5-9-14-22/h4-17,25H,18-20H2,1-3H3,(H,31,32)/t25-/m0/s1. The zero-order valence-corrected chi connectivity index (χ0v) is 20.7. The van der Waals surface area contributed by atoms with Gasteiger partial charge in [0.1, 0.15) is 18.2 Å². The zero-order chi connectivity index (χ0) is 26.1. The van der Waals surface area contributed by atoms with Gasteiger partial charge in [-0.15, -0.1) is 0 Å². The number of hydrogen-bond donors (Lipinski definition) is 1. The van der Waals surface area contributed by atoms with Gasteiger partial charge in [0.2, 0.25) is 0 Å². The Kier molecular flexibility index (Phi) is 8.84. The van der Waals surface area contributed by atoms with E-state index in [-0.39, 0.29) is 19.6 Å². The van der Waals surface area contributed by atoms with Gasteiger partial charge in [-0.3, -0.25) is 4.90 Å². The van der Waals surface area contributed by atoms with Gasteiger partial charge in [-0.1, -0.05) is 72.8 Å². The Balaban J connectivity index is 1.84. The molecule has 36 heavy (non-hydrogen) atoms. The van der Waals surface area contributed by atoms with Crippen molar-refractivity contribution >= 4 is 18.0 Å². The molecule has 0 spiro atoms. The predicted molar refractivity (Wildman–Crippen MR) is 135 cm³/mol. The lowest BCUT2D eigenvalue weighted by Gasteiger charge is -2.28. The van der Waals surface area contributed by atoms with Crippen molar-refractivity contribution < 1.29 is 29.0 Å². The second kappa shape index (κ2) is 12.0. The minimum atomic E-state index is -1.22. The highest BCUT2D eigenvalue weighted by Gasteiger charge is 2.31. The molecule has 3 aromatic carbocycles. The van der Waals surface area contributed by atoms with E-state index in [1.165, 1.54) is 4.90 Å². The molecule has 0 aliphatic heterocycles. The van der Waals surface area contributed by atoms with Crippen molar-refractivity contribution in [2.24, 2.45) is 0 Å². The zero-order valence-electron chi connectivity index (χ0n) is 20.7. The Bertz CT molecular complexity index is 1170. The molecule has 0 saturated heterocycles. The van der Waals surface area contributed by atoms with Crippen molar-refractivity contribution in [3.05, 3.63) is 107 Å². The third kappa shape index (κ3) is 7.98. The lowest BCUT2D eigenvalue weighted by molar-refractivity contribution is -0.143.